The van der Waals surface area contributed by atoms with E-state index in [-0.39, 0.29) is 33.9 Å². The summed E-state index contributed by atoms with van der Waals surface area (Å²) in [5.41, 5.74) is 0. The first-order valence-corrected chi connectivity index (χ1v) is 17.2. The van der Waals surface area contributed by atoms with E-state index in [1.165, 1.54) is 128 Å². The molecule has 4 nitrogen and oxygen atoms in total. The monoisotopic (exact) mass is 757 g/mol. The van der Waals surface area contributed by atoms with Gasteiger partial charge in [-0.15, -0.1) is 0 Å². The Morgan fingerprint density at radius 3 is 0.854 bits per heavy atom. The molecule has 0 spiro atoms. The van der Waals surface area contributed by atoms with Crippen LogP contribution in [0.15, 0.2) is 24.3 Å². The zero-order valence-corrected chi connectivity index (χ0v) is 29.3. The number of carbonyl (C=O) groups is 2. The Labute approximate surface area is 269 Å². The van der Waals surface area contributed by atoms with Crippen molar-refractivity contribution in [1.82, 2.24) is 0 Å². The van der Waals surface area contributed by atoms with E-state index in [1.807, 2.05) is 0 Å². The van der Waals surface area contributed by atoms with Crippen molar-refractivity contribution in [3.8, 4) is 0 Å². The third-order valence-electron chi connectivity index (χ3n) is 7.29. The van der Waals surface area contributed by atoms with E-state index in [0.717, 1.165) is 38.5 Å². The third-order valence-corrected chi connectivity index (χ3v) is 7.29. The molecule has 244 valence electrons. The number of rotatable bonds is 30. The van der Waals surface area contributed by atoms with Crippen molar-refractivity contribution in [3.63, 3.8) is 0 Å². The molecule has 0 atom stereocenters. The quantitative estimate of drug-likeness (QED) is 0.0540. The fourth-order valence-electron chi connectivity index (χ4n) is 4.68. The van der Waals surface area contributed by atoms with Crippen LogP contribution in [0.25, 0.3) is 0 Å². The number of carboxylic acid groups (broad SMARTS) is 2. The van der Waals surface area contributed by atoms with Crippen molar-refractivity contribution < 1.29 is 40.9 Å². The summed E-state index contributed by atoms with van der Waals surface area (Å²) in [7, 11) is 0. The van der Waals surface area contributed by atoms with Crippen molar-refractivity contribution in [1.29, 1.82) is 0 Å². The molecule has 0 saturated heterocycles. The average molecular weight is 758 g/mol. The topological polar surface area (TPSA) is 80.3 Å². The molecule has 5 heteroatoms. The van der Waals surface area contributed by atoms with Gasteiger partial charge in [-0.1, -0.05) is 141 Å². The van der Waals surface area contributed by atoms with Crippen molar-refractivity contribution >= 4 is 11.9 Å². The van der Waals surface area contributed by atoms with Crippen LogP contribution in [0.5, 0.6) is 0 Å². The molecule has 0 heterocycles. The number of carboxylic acids is 2. The van der Waals surface area contributed by atoms with Crippen LogP contribution in [0.2, 0.25) is 0 Å². The Bertz CT molecular complexity index is 524. The Morgan fingerprint density at radius 2 is 0.610 bits per heavy atom. The van der Waals surface area contributed by atoms with E-state index < -0.39 is 11.9 Å². The number of aliphatic carboxylic acids is 2. The molecule has 0 bridgehead atoms. The van der Waals surface area contributed by atoms with Crippen molar-refractivity contribution in [2.24, 2.45) is 0 Å². The molecular formula is C36H66O4Pt. The summed E-state index contributed by atoms with van der Waals surface area (Å²) < 4.78 is 0. The van der Waals surface area contributed by atoms with Gasteiger partial charge < -0.3 is 19.8 Å². The van der Waals surface area contributed by atoms with Crippen molar-refractivity contribution in [2.45, 2.75) is 194 Å². The van der Waals surface area contributed by atoms with Crippen LogP contribution in [-0.2, 0) is 30.7 Å². The fraction of sp³-hybridized carbons (Fsp3) is 0.833. The first-order valence-electron chi connectivity index (χ1n) is 17.2. The van der Waals surface area contributed by atoms with Crippen LogP contribution in [0.4, 0.5) is 0 Å². The van der Waals surface area contributed by atoms with E-state index in [0.29, 0.717) is 0 Å². The van der Waals surface area contributed by atoms with Gasteiger partial charge in [-0.25, -0.2) is 0 Å². The second-order valence-corrected chi connectivity index (χ2v) is 11.4. The maximum absolute atomic E-state index is 10.2. The molecule has 0 radical (unpaired) electrons. The second kappa shape index (κ2) is 41.2. The molecule has 0 aromatic heterocycles. The van der Waals surface area contributed by atoms with E-state index in [9.17, 15) is 19.8 Å². The van der Waals surface area contributed by atoms with E-state index in [4.69, 9.17) is 0 Å². The molecule has 0 fully saturated rings. The number of allylic oxidation sites excluding steroid dienone is 4. The molecule has 0 rings (SSSR count). The first kappa shape index (κ1) is 44.5. The van der Waals surface area contributed by atoms with Crippen LogP contribution < -0.4 is 10.2 Å². The molecule has 0 aliphatic carbocycles. The number of hydrogen-bond acceptors (Lipinski definition) is 4. The third kappa shape index (κ3) is 49.1. The fourth-order valence-corrected chi connectivity index (χ4v) is 4.68. The zero-order chi connectivity index (χ0) is 29.8. The van der Waals surface area contributed by atoms with Gasteiger partial charge in [0.15, 0.2) is 0 Å². The number of hydrogen-bond donors (Lipinski definition) is 0. The zero-order valence-electron chi connectivity index (χ0n) is 27.1. The summed E-state index contributed by atoms with van der Waals surface area (Å²) >= 11 is 0. The van der Waals surface area contributed by atoms with Crippen LogP contribution >= 0.6 is 0 Å². The Hall–Kier alpha value is -0.892. The minimum Gasteiger partial charge on any atom is -0.550 e. The van der Waals surface area contributed by atoms with Crippen LogP contribution in [-0.4, -0.2) is 11.9 Å². The summed E-state index contributed by atoms with van der Waals surface area (Å²) in [5, 5.41) is 20.4. The minimum atomic E-state index is -0.914. The van der Waals surface area contributed by atoms with Gasteiger partial charge >= 0.3 is 21.1 Å². The van der Waals surface area contributed by atoms with Gasteiger partial charge in [-0.3, -0.25) is 0 Å². The maximum atomic E-state index is 10.2. The van der Waals surface area contributed by atoms with Gasteiger partial charge in [-0.05, 0) is 77.0 Å². The summed E-state index contributed by atoms with van der Waals surface area (Å²) in [6.07, 6.45) is 41.8. The van der Waals surface area contributed by atoms with Gasteiger partial charge in [0.2, 0.25) is 0 Å². The van der Waals surface area contributed by atoms with Gasteiger partial charge in [-0.2, -0.15) is 0 Å². The maximum Gasteiger partial charge on any atom is 2.00 e. The minimum absolute atomic E-state index is 0. The van der Waals surface area contributed by atoms with Gasteiger partial charge in [0.25, 0.3) is 0 Å². The second-order valence-electron chi connectivity index (χ2n) is 11.4. The predicted molar refractivity (Wildman–Crippen MR) is 169 cm³/mol. The molecule has 0 aromatic carbocycles. The Kier molecular flexibility index (Phi) is 44.8. The van der Waals surface area contributed by atoms with E-state index in [1.54, 1.807) is 0 Å². The predicted octanol–water partition coefficient (Wildman–Crippen LogP) is 9.55. The molecule has 0 saturated carbocycles. The molecule has 0 N–H and O–H groups in total. The standard InChI is InChI=1S/2C18H34O2.Pt/c2*1-2-3-4-5-6-7-8-9-10-11-12-13-14-15-16-17-18(19)20;/h2*9-10H,2-8,11-17H2,1H3,(H,19,20);/q;;+2/p-2. The van der Waals surface area contributed by atoms with Gasteiger partial charge in [0.05, 0.1) is 0 Å². The molecule has 41 heavy (non-hydrogen) atoms. The number of unbranched alkanes of at least 4 members (excludes halogenated alkanes) is 22. The molecule has 0 aliphatic heterocycles. The summed E-state index contributed by atoms with van der Waals surface area (Å²) in [6.45, 7) is 4.51. The van der Waals surface area contributed by atoms with Gasteiger partial charge in [0, 0.05) is 11.9 Å². The first-order chi connectivity index (χ1) is 19.5. The largest absolute Gasteiger partial charge is 2.00 e. The molecule has 0 amide bonds. The van der Waals surface area contributed by atoms with Crippen LogP contribution in [0.3, 0.4) is 0 Å². The van der Waals surface area contributed by atoms with E-state index in [2.05, 4.69) is 38.2 Å². The smallest absolute Gasteiger partial charge is 0.550 e. The summed E-state index contributed by atoms with van der Waals surface area (Å²) in [4.78, 5) is 20.4. The molecule has 0 aromatic rings. The van der Waals surface area contributed by atoms with Crippen molar-refractivity contribution in [3.05, 3.63) is 24.3 Å². The molecule has 0 unspecified atom stereocenters. The van der Waals surface area contributed by atoms with E-state index >= 15 is 0 Å². The summed E-state index contributed by atoms with van der Waals surface area (Å²) in [6, 6.07) is 0. The Morgan fingerprint density at radius 1 is 0.390 bits per heavy atom. The summed E-state index contributed by atoms with van der Waals surface area (Å²) in [5.74, 6) is -1.83. The number of carbonyl (C=O) groups excluding carboxylic acids is 2. The SMILES string of the molecule is CCCCCCCCC=CCCCCCCCC(=O)[O-].CCCCCCCCC=CCCCCCCCC(=O)[O-].[Pt+2]. The molecular weight excluding hydrogens is 691 g/mol. The van der Waals surface area contributed by atoms with Crippen LogP contribution in [0, 0.1) is 0 Å². The van der Waals surface area contributed by atoms with Gasteiger partial charge in [0.1, 0.15) is 0 Å². The van der Waals surface area contributed by atoms with Crippen molar-refractivity contribution in [2.75, 3.05) is 0 Å². The normalized spacial score (nSPS) is 11.0. The Balaban J connectivity index is -0.000000688. The average Bonchev–Trinajstić information content (AvgIpc) is 2.93. The molecule has 0 aliphatic rings. The van der Waals surface area contributed by atoms with Crippen LogP contribution in [0.1, 0.15) is 194 Å².